The van der Waals surface area contributed by atoms with Crippen molar-refractivity contribution in [1.82, 2.24) is 10.2 Å². The Kier molecular flexibility index (Phi) is 7.23. The van der Waals surface area contributed by atoms with Crippen molar-refractivity contribution in [3.8, 4) is 5.75 Å². The predicted molar refractivity (Wildman–Crippen MR) is 123 cm³/mol. The largest absolute Gasteiger partial charge is 0.483 e. The number of carbonyl (C=O) groups is 2. The number of piperidine rings is 1. The lowest BCUT2D eigenvalue weighted by Crippen LogP contribution is -2.50. The molecule has 170 valence electrons. The molecule has 0 aromatic heterocycles. The second kappa shape index (κ2) is 10.1. The fourth-order valence-corrected chi connectivity index (χ4v) is 5.06. The highest BCUT2D eigenvalue weighted by Gasteiger charge is 2.40. The van der Waals surface area contributed by atoms with Gasteiger partial charge in [-0.2, -0.15) is 0 Å². The van der Waals surface area contributed by atoms with Gasteiger partial charge >= 0.3 is 5.97 Å². The SMILES string of the molecule is COC(=O)c1cc(Cl)ccc1OCC(=O)NC1CC2CCC(C1)N2Cc1ccc(Cl)cc1. The Morgan fingerprint density at radius 3 is 2.34 bits per heavy atom. The number of benzene rings is 2. The quantitative estimate of drug-likeness (QED) is 0.597. The van der Waals surface area contributed by atoms with E-state index in [0.29, 0.717) is 17.1 Å². The zero-order valence-electron chi connectivity index (χ0n) is 17.9. The maximum atomic E-state index is 12.5. The van der Waals surface area contributed by atoms with Crippen molar-refractivity contribution in [3.05, 3.63) is 63.6 Å². The number of ether oxygens (including phenoxy) is 2. The number of esters is 1. The first kappa shape index (κ1) is 22.9. The molecular weight excluding hydrogens is 451 g/mol. The summed E-state index contributed by atoms with van der Waals surface area (Å²) in [7, 11) is 1.29. The Bertz CT molecular complexity index is 968. The minimum absolute atomic E-state index is 0.121. The third kappa shape index (κ3) is 5.37. The highest BCUT2D eigenvalue weighted by molar-refractivity contribution is 6.31. The highest BCUT2D eigenvalue weighted by Crippen LogP contribution is 2.37. The van der Waals surface area contributed by atoms with Crippen LogP contribution >= 0.6 is 23.2 Å². The fraction of sp³-hybridized carbons (Fsp3) is 0.417. The van der Waals surface area contributed by atoms with Crippen LogP contribution in [0.5, 0.6) is 5.75 Å². The monoisotopic (exact) mass is 476 g/mol. The van der Waals surface area contributed by atoms with Crippen LogP contribution in [-0.4, -0.2) is 48.6 Å². The molecule has 8 heteroatoms. The normalized spacial score (nSPS) is 22.4. The van der Waals surface area contributed by atoms with E-state index in [9.17, 15) is 9.59 Å². The Labute approximate surface area is 197 Å². The van der Waals surface area contributed by atoms with Gasteiger partial charge in [0.1, 0.15) is 11.3 Å². The average molecular weight is 477 g/mol. The van der Waals surface area contributed by atoms with Crippen molar-refractivity contribution in [1.29, 1.82) is 0 Å². The zero-order valence-corrected chi connectivity index (χ0v) is 19.4. The molecule has 0 saturated carbocycles. The van der Waals surface area contributed by atoms with E-state index in [2.05, 4.69) is 22.3 Å². The minimum Gasteiger partial charge on any atom is -0.483 e. The molecule has 1 amide bonds. The van der Waals surface area contributed by atoms with Gasteiger partial charge in [0.2, 0.25) is 0 Å². The molecule has 0 radical (unpaired) electrons. The minimum atomic E-state index is -0.562. The number of amides is 1. The molecule has 2 unspecified atom stereocenters. The van der Waals surface area contributed by atoms with Gasteiger partial charge in [0.05, 0.1) is 7.11 Å². The summed E-state index contributed by atoms with van der Waals surface area (Å²) in [6, 6.07) is 13.7. The average Bonchev–Trinajstić information content (AvgIpc) is 3.01. The van der Waals surface area contributed by atoms with Crippen LogP contribution in [-0.2, 0) is 16.1 Å². The van der Waals surface area contributed by atoms with E-state index in [0.717, 1.165) is 37.3 Å². The molecule has 2 saturated heterocycles. The summed E-state index contributed by atoms with van der Waals surface area (Å²) < 4.78 is 10.4. The maximum absolute atomic E-state index is 12.5. The summed E-state index contributed by atoms with van der Waals surface area (Å²) in [5.41, 5.74) is 1.45. The number of hydrogen-bond donors (Lipinski definition) is 1. The van der Waals surface area contributed by atoms with E-state index >= 15 is 0 Å². The molecular formula is C24H26Cl2N2O4. The van der Waals surface area contributed by atoms with Crippen molar-refractivity contribution >= 4 is 35.1 Å². The van der Waals surface area contributed by atoms with Gasteiger partial charge in [-0.25, -0.2) is 4.79 Å². The number of fused-ring (bicyclic) bond motifs is 2. The van der Waals surface area contributed by atoms with Crippen molar-refractivity contribution in [2.24, 2.45) is 0 Å². The molecule has 2 atom stereocenters. The van der Waals surface area contributed by atoms with Gasteiger partial charge in [-0.3, -0.25) is 9.69 Å². The molecule has 2 bridgehead atoms. The number of hydrogen-bond acceptors (Lipinski definition) is 5. The van der Waals surface area contributed by atoms with E-state index < -0.39 is 5.97 Å². The van der Waals surface area contributed by atoms with E-state index in [1.54, 1.807) is 12.1 Å². The number of carbonyl (C=O) groups excluding carboxylic acids is 2. The lowest BCUT2D eigenvalue weighted by atomic mass is 9.96. The summed E-state index contributed by atoms with van der Waals surface area (Å²) >= 11 is 12.0. The molecule has 2 aliphatic rings. The molecule has 2 fully saturated rings. The van der Waals surface area contributed by atoms with Crippen LogP contribution in [0.2, 0.25) is 10.0 Å². The molecule has 2 aromatic carbocycles. The molecule has 32 heavy (non-hydrogen) atoms. The van der Waals surface area contributed by atoms with Gasteiger partial charge in [-0.05, 0) is 61.6 Å². The van der Waals surface area contributed by atoms with Gasteiger partial charge in [0.15, 0.2) is 6.61 Å². The van der Waals surface area contributed by atoms with Crippen molar-refractivity contribution < 1.29 is 19.1 Å². The standard InChI is InChI=1S/C24H26Cl2N2O4/c1-31-24(30)21-10-17(26)6-9-22(21)32-14-23(29)27-18-11-19-7-8-20(12-18)28(19)13-15-2-4-16(25)5-3-15/h2-6,9-10,18-20H,7-8,11-14H2,1H3,(H,27,29). The topological polar surface area (TPSA) is 67.9 Å². The number of nitrogens with zero attached hydrogens (tertiary/aromatic N) is 1. The molecule has 6 nitrogen and oxygen atoms in total. The van der Waals surface area contributed by atoms with E-state index in [1.165, 1.54) is 18.7 Å². The van der Waals surface area contributed by atoms with Crippen LogP contribution in [0.3, 0.4) is 0 Å². The number of methoxy groups -OCH3 is 1. The van der Waals surface area contributed by atoms with Crippen LogP contribution in [0.4, 0.5) is 0 Å². The Hall–Kier alpha value is -2.28. The first-order valence-electron chi connectivity index (χ1n) is 10.7. The first-order valence-corrected chi connectivity index (χ1v) is 11.5. The fourth-order valence-electron chi connectivity index (χ4n) is 4.76. The molecule has 2 aromatic rings. The Balaban J connectivity index is 1.30. The summed E-state index contributed by atoms with van der Waals surface area (Å²) in [5, 5.41) is 4.25. The summed E-state index contributed by atoms with van der Waals surface area (Å²) in [5.74, 6) is -0.492. The van der Waals surface area contributed by atoms with E-state index in [4.69, 9.17) is 32.7 Å². The second-order valence-corrected chi connectivity index (χ2v) is 9.21. The first-order chi connectivity index (χ1) is 15.4. The van der Waals surface area contributed by atoms with Gasteiger partial charge in [0, 0.05) is 34.7 Å². The van der Waals surface area contributed by atoms with E-state index in [-0.39, 0.29) is 29.9 Å². The van der Waals surface area contributed by atoms with Crippen molar-refractivity contribution in [3.63, 3.8) is 0 Å². The molecule has 4 rings (SSSR count). The second-order valence-electron chi connectivity index (χ2n) is 8.34. The van der Waals surface area contributed by atoms with Crippen LogP contribution in [0.1, 0.15) is 41.6 Å². The summed E-state index contributed by atoms with van der Waals surface area (Å²) in [6.07, 6.45) is 4.14. The summed E-state index contributed by atoms with van der Waals surface area (Å²) in [6.45, 7) is 0.731. The molecule has 2 aliphatic heterocycles. The molecule has 0 spiro atoms. The molecule has 0 aliphatic carbocycles. The number of nitrogens with one attached hydrogen (secondary N) is 1. The molecule has 2 heterocycles. The summed E-state index contributed by atoms with van der Waals surface area (Å²) in [4.78, 5) is 27.0. The van der Waals surface area contributed by atoms with Crippen LogP contribution in [0, 0.1) is 0 Å². The number of halogens is 2. The third-order valence-electron chi connectivity index (χ3n) is 6.23. The van der Waals surface area contributed by atoms with Crippen molar-refractivity contribution in [2.75, 3.05) is 13.7 Å². The van der Waals surface area contributed by atoms with Crippen LogP contribution in [0.15, 0.2) is 42.5 Å². The lowest BCUT2D eigenvalue weighted by Gasteiger charge is -2.39. The van der Waals surface area contributed by atoms with Gasteiger partial charge in [-0.1, -0.05) is 35.3 Å². The van der Waals surface area contributed by atoms with Gasteiger partial charge in [-0.15, -0.1) is 0 Å². The third-order valence-corrected chi connectivity index (χ3v) is 6.72. The maximum Gasteiger partial charge on any atom is 0.341 e. The van der Waals surface area contributed by atoms with Crippen LogP contribution < -0.4 is 10.1 Å². The highest BCUT2D eigenvalue weighted by atomic mass is 35.5. The van der Waals surface area contributed by atoms with E-state index in [1.807, 2.05) is 12.1 Å². The predicted octanol–water partition coefficient (Wildman–Crippen LogP) is 4.47. The number of rotatable bonds is 7. The zero-order chi connectivity index (χ0) is 22.7. The Morgan fingerprint density at radius 1 is 1.03 bits per heavy atom. The van der Waals surface area contributed by atoms with Gasteiger partial charge < -0.3 is 14.8 Å². The Morgan fingerprint density at radius 2 is 1.69 bits per heavy atom. The van der Waals surface area contributed by atoms with Gasteiger partial charge in [0.25, 0.3) is 5.91 Å². The smallest absolute Gasteiger partial charge is 0.341 e. The molecule has 1 N–H and O–H groups in total. The lowest BCUT2D eigenvalue weighted by molar-refractivity contribution is -0.124. The van der Waals surface area contributed by atoms with Crippen LogP contribution in [0.25, 0.3) is 0 Å². The van der Waals surface area contributed by atoms with Crippen molar-refractivity contribution in [2.45, 2.75) is 50.4 Å².